The lowest BCUT2D eigenvalue weighted by atomic mass is 9.66. The lowest BCUT2D eigenvalue weighted by Crippen LogP contribution is -2.73. The lowest BCUT2D eigenvalue weighted by molar-refractivity contribution is -0.968. The number of fused-ring (bicyclic) bond motifs is 2. The number of alkyl halides is 1. The molecule has 0 saturated carbocycles. The standard InChI is InChI=1S/C17H29N2O.C2H5I/c1-2-19-10-4-6-13-12-18-15(8-3-9-16(18)20)14(17(13)19)7-5-11-19;1-2-3/h13-15,17H,2-12H2,1H3;2H2,1H3/q+1;. The number of hydrogen-bond acceptors (Lipinski definition) is 1. The minimum Gasteiger partial charge on any atom is -0.339 e. The Hall–Kier alpha value is 0.160. The Bertz CT molecular complexity index is 426. The second-order valence-corrected chi connectivity index (χ2v) is 9.48. The Labute approximate surface area is 155 Å². The topological polar surface area (TPSA) is 20.3 Å². The number of piperidine rings is 4. The molecule has 3 nitrogen and oxygen atoms in total. The molecule has 0 aromatic carbocycles. The molecule has 0 bridgehead atoms. The molecule has 0 radical (unpaired) electrons. The normalized spacial score (nSPS) is 42.2. The second kappa shape index (κ2) is 7.59. The minimum absolute atomic E-state index is 0.463. The van der Waals surface area contributed by atoms with Crippen LogP contribution in [-0.2, 0) is 4.79 Å². The Morgan fingerprint density at radius 3 is 2.52 bits per heavy atom. The van der Waals surface area contributed by atoms with E-state index >= 15 is 0 Å². The predicted octanol–water partition coefficient (Wildman–Crippen LogP) is 3.85. The summed E-state index contributed by atoms with van der Waals surface area (Å²) >= 11 is 2.29. The Morgan fingerprint density at radius 2 is 1.83 bits per heavy atom. The van der Waals surface area contributed by atoms with E-state index in [1.165, 1.54) is 60.6 Å². The van der Waals surface area contributed by atoms with Gasteiger partial charge in [-0.25, -0.2) is 0 Å². The molecule has 0 aromatic rings. The number of amides is 1. The Balaban J connectivity index is 0.000000485. The molecule has 5 atom stereocenters. The van der Waals surface area contributed by atoms with E-state index in [1.807, 2.05) is 0 Å². The van der Waals surface area contributed by atoms with Crippen molar-refractivity contribution in [2.45, 2.75) is 70.9 Å². The SMILES string of the molecule is CCI.CC[N+]12CCCC3CN4C(=O)CCCC4C(CCC1)C32. The molecule has 4 rings (SSSR count). The highest BCUT2D eigenvalue weighted by Gasteiger charge is 2.57. The second-order valence-electron chi connectivity index (χ2n) is 7.95. The van der Waals surface area contributed by atoms with E-state index in [9.17, 15) is 4.79 Å². The highest BCUT2D eigenvalue weighted by Crippen LogP contribution is 2.48. The number of nitrogens with zero attached hydrogens (tertiary/aromatic N) is 2. The van der Waals surface area contributed by atoms with Gasteiger partial charge in [-0.1, -0.05) is 29.5 Å². The monoisotopic (exact) mass is 433 g/mol. The van der Waals surface area contributed by atoms with Crippen molar-refractivity contribution in [1.29, 1.82) is 0 Å². The van der Waals surface area contributed by atoms with Crippen LogP contribution in [0.1, 0.15) is 58.8 Å². The molecular weight excluding hydrogens is 399 g/mol. The maximum atomic E-state index is 12.3. The highest BCUT2D eigenvalue weighted by atomic mass is 127. The van der Waals surface area contributed by atoms with Gasteiger partial charge in [-0.3, -0.25) is 4.79 Å². The van der Waals surface area contributed by atoms with Crippen molar-refractivity contribution in [3.8, 4) is 0 Å². The summed E-state index contributed by atoms with van der Waals surface area (Å²) in [5, 5.41) is 0. The summed E-state index contributed by atoms with van der Waals surface area (Å²) in [7, 11) is 0. The third kappa shape index (κ3) is 3.19. The molecule has 0 aromatic heterocycles. The first-order chi connectivity index (χ1) is 11.2. The van der Waals surface area contributed by atoms with Gasteiger partial charge >= 0.3 is 0 Å². The molecule has 0 spiro atoms. The smallest absolute Gasteiger partial charge is 0.222 e. The van der Waals surface area contributed by atoms with Crippen LogP contribution >= 0.6 is 22.6 Å². The van der Waals surface area contributed by atoms with Crippen molar-refractivity contribution in [3.63, 3.8) is 0 Å². The molecule has 4 heteroatoms. The van der Waals surface area contributed by atoms with Crippen LogP contribution in [0.15, 0.2) is 0 Å². The summed E-state index contributed by atoms with van der Waals surface area (Å²) in [6, 6.07) is 1.48. The number of quaternary nitrogens is 1. The Morgan fingerprint density at radius 1 is 1.13 bits per heavy atom. The fourth-order valence-electron chi connectivity index (χ4n) is 6.29. The summed E-state index contributed by atoms with van der Waals surface area (Å²) < 4.78 is 2.62. The molecule has 132 valence electrons. The number of hydrogen-bond donors (Lipinski definition) is 0. The van der Waals surface area contributed by atoms with Crippen LogP contribution < -0.4 is 0 Å². The first-order valence-corrected chi connectivity index (χ1v) is 11.4. The van der Waals surface area contributed by atoms with Gasteiger partial charge in [-0.15, -0.1) is 0 Å². The molecule has 0 aliphatic carbocycles. The van der Waals surface area contributed by atoms with Gasteiger partial charge in [0.15, 0.2) is 0 Å². The molecule has 5 unspecified atom stereocenters. The maximum Gasteiger partial charge on any atom is 0.222 e. The largest absolute Gasteiger partial charge is 0.339 e. The average molecular weight is 433 g/mol. The van der Waals surface area contributed by atoms with Gasteiger partial charge in [0.05, 0.1) is 25.7 Å². The van der Waals surface area contributed by atoms with Crippen LogP contribution in [0, 0.1) is 11.8 Å². The number of halogens is 1. The van der Waals surface area contributed by atoms with E-state index < -0.39 is 0 Å². The van der Waals surface area contributed by atoms with E-state index in [0.717, 1.165) is 37.3 Å². The molecule has 1 amide bonds. The van der Waals surface area contributed by atoms with E-state index in [-0.39, 0.29) is 0 Å². The van der Waals surface area contributed by atoms with Gasteiger partial charge in [0.1, 0.15) is 0 Å². The van der Waals surface area contributed by atoms with Crippen molar-refractivity contribution in [2.24, 2.45) is 11.8 Å². The number of carbonyl (C=O) groups is 1. The van der Waals surface area contributed by atoms with Gasteiger partial charge in [0, 0.05) is 30.8 Å². The van der Waals surface area contributed by atoms with Gasteiger partial charge in [0.2, 0.25) is 5.91 Å². The van der Waals surface area contributed by atoms with Gasteiger partial charge in [0.25, 0.3) is 0 Å². The third-order valence-corrected chi connectivity index (χ3v) is 7.04. The van der Waals surface area contributed by atoms with Crippen molar-refractivity contribution in [2.75, 3.05) is 30.6 Å². The van der Waals surface area contributed by atoms with Crippen LogP contribution in [0.5, 0.6) is 0 Å². The third-order valence-electron chi connectivity index (χ3n) is 7.04. The van der Waals surface area contributed by atoms with E-state index in [4.69, 9.17) is 0 Å². The quantitative estimate of drug-likeness (QED) is 0.350. The molecule has 4 heterocycles. The molecular formula is C19H34IN2O+. The van der Waals surface area contributed by atoms with E-state index in [1.54, 1.807) is 0 Å². The zero-order valence-electron chi connectivity index (χ0n) is 15.0. The first-order valence-electron chi connectivity index (χ1n) is 9.88. The van der Waals surface area contributed by atoms with Crippen molar-refractivity contribution < 1.29 is 9.28 Å². The minimum atomic E-state index is 0.463. The lowest BCUT2D eigenvalue weighted by Gasteiger charge is -2.62. The first kappa shape index (κ1) is 18.0. The van der Waals surface area contributed by atoms with Crippen LogP contribution in [0.3, 0.4) is 0 Å². The fraction of sp³-hybridized carbons (Fsp3) is 0.947. The predicted molar refractivity (Wildman–Crippen MR) is 104 cm³/mol. The Kier molecular flexibility index (Phi) is 5.93. The van der Waals surface area contributed by atoms with E-state index in [0.29, 0.717) is 11.9 Å². The van der Waals surface area contributed by atoms with Crippen molar-refractivity contribution in [1.82, 2.24) is 4.90 Å². The summed E-state index contributed by atoms with van der Waals surface area (Å²) in [4.78, 5) is 14.7. The van der Waals surface area contributed by atoms with Crippen LogP contribution in [0.2, 0.25) is 0 Å². The molecule has 4 fully saturated rings. The zero-order valence-corrected chi connectivity index (χ0v) is 17.1. The van der Waals surface area contributed by atoms with Crippen molar-refractivity contribution >= 4 is 28.5 Å². The van der Waals surface area contributed by atoms with Crippen LogP contribution in [-0.4, -0.2) is 58.0 Å². The number of rotatable bonds is 1. The highest BCUT2D eigenvalue weighted by molar-refractivity contribution is 14.1. The van der Waals surface area contributed by atoms with Gasteiger partial charge in [-0.2, -0.15) is 0 Å². The molecule has 4 aliphatic heterocycles. The summed E-state index contributed by atoms with van der Waals surface area (Å²) in [5.74, 6) is 2.07. The van der Waals surface area contributed by atoms with Crippen LogP contribution in [0.4, 0.5) is 0 Å². The summed E-state index contributed by atoms with van der Waals surface area (Å²) in [6.07, 6.45) is 8.76. The molecule has 0 N–H and O–H groups in total. The van der Waals surface area contributed by atoms with Crippen molar-refractivity contribution in [3.05, 3.63) is 0 Å². The van der Waals surface area contributed by atoms with Gasteiger partial charge < -0.3 is 9.38 Å². The average Bonchev–Trinajstić information content (AvgIpc) is 2.57. The summed E-state index contributed by atoms with van der Waals surface area (Å²) in [6.45, 7) is 9.75. The molecule has 4 aliphatic rings. The summed E-state index contributed by atoms with van der Waals surface area (Å²) in [5.41, 5.74) is 0. The maximum absolute atomic E-state index is 12.3. The van der Waals surface area contributed by atoms with E-state index in [2.05, 4.69) is 41.3 Å². The van der Waals surface area contributed by atoms with Gasteiger partial charge in [-0.05, 0) is 49.9 Å². The zero-order chi connectivity index (χ0) is 16.4. The van der Waals surface area contributed by atoms with Crippen LogP contribution in [0.25, 0.3) is 0 Å². The molecule has 4 saturated heterocycles. The number of carbonyl (C=O) groups excluding carboxylic acids is 1. The fourth-order valence-corrected chi connectivity index (χ4v) is 6.29. The molecule has 23 heavy (non-hydrogen) atoms.